The van der Waals surface area contributed by atoms with Crippen molar-refractivity contribution < 1.29 is 19.8 Å². The van der Waals surface area contributed by atoms with E-state index in [2.05, 4.69) is 27.7 Å². The molecule has 4 nitrogen and oxygen atoms in total. The topological polar surface area (TPSA) is 74.6 Å². The van der Waals surface area contributed by atoms with E-state index < -0.39 is 19.2 Å². The molecule has 2 N–H and O–H groups in total. The molecule has 0 atom stereocenters. The molecule has 0 unspecified atom stereocenters. The minimum absolute atomic E-state index is 0.241. The molecule has 0 aromatic heterocycles. The minimum Gasteiger partial charge on any atom is -0.478 e. The van der Waals surface area contributed by atoms with Gasteiger partial charge in [-0.05, 0) is 48.5 Å². The standard InChI is InChI=1S/C28H61P.C14H10O4S/c1-5-9-13-14-15-16-17-18-19-20-21-22-23-24-28-29(25-10-6-2,26-11-7-3)27-12-8-4;15-13(16)9-1-5-11(6-2-9)19-12-7-3-10(4-8-12)14(17)18/h29H,5-28H2,1-4H3;1-8H,(H,15,16)(H,17,18). The van der Waals surface area contributed by atoms with Crippen LogP contribution >= 0.6 is 19.0 Å². The summed E-state index contributed by atoms with van der Waals surface area (Å²) in [5, 5.41) is 17.6. The summed E-state index contributed by atoms with van der Waals surface area (Å²) in [5.74, 6) is -1.91. The Labute approximate surface area is 300 Å². The van der Waals surface area contributed by atoms with Crippen LogP contribution in [0.3, 0.4) is 0 Å². The van der Waals surface area contributed by atoms with Crippen LogP contribution in [-0.2, 0) is 0 Å². The number of carboxylic acids is 2. The maximum Gasteiger partial charge on any atom is 0.335 e. The van der Waals surface area contributed by atoms with Gasteiger partial charge in [0.05, 0.1) is 11.1 Å². The molecule has 0 radical (unpaired) electrons. The van der Waals surface area contributed by atoms with E-state index in [1.165, 1.54) is 158 Å². The van der Waals surface area contributed by atoms with Gasteiger partial charge in [0.2, 0.25) is 0 Å². The zero-order valence-electron chi connectivity index (χ0n) is 31.2. The van der Waals surface area contributed by atoms with Gasteiger partial charge in [0.25, 0.3) is 0 Å². The SMILES string of the molecule is CCCCCCCCCCCCCCCC[PH](CCCC)(CCCC)CCCC.O=C(O)c1ccc(Sc2ccc(C(=O)O)cc2)cc1. The van der Waals surface area contributed by atoms with Gasteiger partial charge in [-0.3, -0.25) is 0 Å². The van der Waals surface area contributed by atoms with Crippen molar-refractivity contribution >= 4 is 31.0 Å². The van der Waals surface area contributed by atoms with Crippen LogP contribution in [0.5, 0.6) is 0 Å². The number of carboxylic acid groups (broad SMARTS) is 2. The quantitative estimate of drug-likeness (QED) is 0.0682. The first-order valence-electron chi connectivity index (χ1n) is 19.6. The Morgan fingerprint density at radius 1 is 0.438 bits per heavy atom. The molecule has 0 aliphatic rings. The van der Waals surface area contributed by atoms with E-state index in [1.807, 2.05) is 0 Å². The molecule has 0 heterocycles. The molecular weight excluding hydrogens is 631 g/mol. The van der Waals surface area contributed by atoms with Crippen molar-refractivity contribution in [3.63, 3.8) is 0 Å². The molecule has 2 aromatic rings. The molecule has 274 valence electrons. The zero-order chi connectivity index (χ0) is 35.3. The van der Waals surface area contributed by atoms with Gasteiger partial charge in [0, 0.05) is 9.79 Å². The molecule has 2 rings (SSSR count). The summed E-state index contributed by atoms with van der Waals surface area (Å²) in [7, 11) is -0.961. The Morgan fingerprint density at radius 3 is 1.00 bits per heavy atom. The van der Waals surface area contributed by atoms with Crippen molar-refractivity contribution in [1.82, 2.24) is 0 Å². The predicted molar refractivity (Wildman–Crippen MR) is 214 cm³/mol. The number of aromatic carboxylic acids is 2. The molecule has 0 amide bonds. The fraction of sp³-hybridized carbons (Fsp3) is 0.667. The monoisotopic (exact) mass is 702 g/mol. The van der Waals surface area contributed by atoms with Gasteiger partial charge in [-0.2, -0.15) is 0 Å². The second-order valence-corrected chi connectivity index (χ2v) is 20.1. The van der Waals surface area contributed by atoms with E-state index in [0.29, 0.717) is 0 Å². The van der Waals surface area contributed by atoms with Crippen LogP contribution in [0.15, 0.2) is 58.3 Å². The number of carbonyl (C=O) groups is 2. The van der Waals surface area contributed by atoms with E-state index in [9.17, 15) is 9.59 Å². The summed E-state index contributed by atoms with van der Waals surface area (Å²) < 4.78 is 0. The van der Waals surface area contributed by atoms with Gasteiger partial charge < -0.3 is 10.2 Å². The van der Waals surface area contributed by atoms with E-state index in [0.717, 1.165) is 9.79 Å². The molecule has 0 bridgehead atoms. The molecule has 0 aliphatic heterocycles. The van der Waals surface area contributed by atoms with Gasteiger partial charge in [-0.1, -0.05) is 37.9 Å². The Bertz CT molecular complexity index is 993. The number of hydrogen-bond donors (Lipinski definition) is 2. The summed E-state index contributed by atoms with van der Waals surface area (Å²) in [6.45, 7) is 9.49. The molecule has 0 aliphatic carbocycles. The number of rotatable bonds is 28. The third-order valence-electron chi connectivity index (χ3n) is 9.68. The van der Waals surface area contributed by atoms with Crippen LogP contribution < -0.4 is 0 Å². The second-order valence-electron chi connectivity index (χ2n) is 13.9. The average Bonchev–Trinajstić information content (AvgIpc) is 3.09. The first-order chi connectivity index (χ1) is 23.3. The van der Waals surface area contributed by atoms with E-state index in [1.54, 1.807) is 55.3 Å². The van der Waals surface area contributed by atoms with Crippen molar-refractivity contribution in [3.05, 3.63) is 59.7 Å². The van der Waals surface area contributed by atoms with Gasteiger partial charge in [-0.25, -0.2) is 9.59 Å². The Hall–Kier alpha value is -1.84. The van der Waals surface area contributed by atoms with Crippen LogP contribution in [0.2, 0.25) is 0 Å². The normalized spacial score (nSPS) is 11.6. The fourth-order valence-corrected chi connectivity index (χ4v) is 13.2. The minimum atomic E-state index is -0.961. The summed E-state index contributed by atoms with van der Waals surface area (Å²) in [6.07, 6.45) is 36.2. The van der Waals surface area contributed by atoms with Crippen molar-refractivity contribution in [2.75, 3.05) is 24.6 Å². The Balaban J connectivity index is 0.000000519. The van der Waals surface area contributed by atoms with E-state index in [4.69, 9.17) is 10.2 Å². The third kappa shape index (κ3) is 21.3. The third-order valence-corrected chi connectivity index (χ3v) is 16.4. The smallest absolute Gasteiger partial charge is 0.335 e. The molecule has 48 heavy (non-hydrogen) atoms. The van der Waals surface area contributed by atoms with Gasteiger partial charge in [-0.15, -0.1) is 0 Å². The molecule has 0 spiro atoms. The summed E-state index contributed by atoms with van der Waals surface area (Å²) >= 11 is 1.44. The van der Waals surface area contributed by atoms with E-state index >= 15 is 0 Å². The van der Waals surface area contributed by atoms with Crippen LogP contribution in [-0.4, -0.2) is 46.8 Å². The Morgan fingerprint density at radius 2 is 0.708 bits per heavy atom. The fourth-order valence-electron chi connectivity index (χ4n) is 6.57. The van der Waals surface area contributed by atoms with Gasteiger partial charge in [0.15, 0.2) is 0 Å². The van der Waals surface area contributed by atoms with Crippen LogP contribution in [0, 0.1) is 0 Å². The maximum absolute atomic E-state index is 10.7. The first-order valence-corrected chi connectivity index (χ1v) is 23.3. The summed E-state index contributed by atoms with van der Waals surface area (Å²) in [4.78, 5) is 23.2. The van der Waals surface area contributed by atoms with Gasteiger partial charge >= 0.3 is 174 Å². The Kier molecular flexibility index (Phi) is 26.6. The van der Waals surface area contributed by atoms with Crippen LogP contribution in [0.4, 0.5) is 0 Å². The molecule has 6 heteroatoms. The van der Waals surface area contributed by atoms with Crippen molar-refractivity contribution in [2.45, 2.75) is 166 Å². The maximum atomic E-state index is 10.7. The zero-order valence-corrected chi connectivity index (χ0v) is 33.0. The number of hydrogen-bond acceptors (Lipinski definition) is 3. The molecular formula is C42H71O4PS. The first kappa shape index (κ1) is 44.2. The van der Waals surface area contributed by atoms with Gasteiger partial charge in [0.1, 0.15) is 0 Å². The molecule has 0 saturated carbocycles. The number of benzene rings is 2. The van der Waals surface area contributed by atoms with Crippen molar-refractivity contribution in [2.24, 2.45) is 0 Å². The van der Waals surface area contributed by atoms with E-state index in [-0.39, 0.29) is 11.1 Å². The largest absolute Gasteiger partial charge is 0.478 e. The summed E-state index contributed by atoms with van der Waals surface area (Å²) in [5.41, 5.74) is 0.483. The van der Waals surface area contributed by atoms with Crippen molar-refractivity contribution in [3.8, 4) is 0 Å². The predicted octanol–water partition coefficient (Wildman–Crippen LogP) is 13.9. The molecule has 0 saturated heterocycles. The van der Waals surface area contributed by atoms with Crippen molar-refractivity contribution in [1.29, 1.82) is 0 Å². The van der Waals surface area contributed by atoms with Crippen LogP contribution in [0.1, 0.15) is 177 Å². The summed E-state index contributed by atoms with van der Waals surface area (Å²) in [6, 6.07) is 13.0. The molecule has 0 fully saturated rings. The van der Waals surface area contributed by atoms with Crippen LogP contribution in [0.25, 0.3) is 0 Å². The average molecular weight is 703 g/mol. The number of unbranched alkanes of at least 4 members (excludes halogenated alkanes) is 16. The molecule has 2 aromatic carbocycles. The second kappa shape index (κ2) is 28.9.